The van der Waals surface area contributed by atoms with Crippen LogP contribution in [0.25, 0.3) is 10.8 Å². The van der Waals surface area contributed by atoms with Gasteiger partial charge in [-0.15, -0.1) is 0 Å². The van der Waals surface area contributed by atoms with Gasteiger partial charge >= 0.3 is 0 Å². The SMILES string of the molecule is C1=C(COCCOc2cc(C34CC5CC(CC(C5)C3)C4)c3c(OCCOCC4=CO4)ccc(C45CC6CC(CC(C6)C4)C5)c3c2)O1. The summed E-state index contributed by atoms with van der Waals surface area (Å²) >= 11 is 0. The monoisotopic (exact) mass is 624 g/mol. The van der Waals surface area contributed by atoms with Gasteiger partial charge in [0.05, 0.1) is 13.2 Å². The van der Waals surface area contributed by atoms with Gasteiger partial charge in [0.1, 0.15) is 50.5 Å². The maximum absolute atomic E-state index is 6.72. The number of hydrogen-bond acceptors (Lipinski definition) is 6. The molecular weight excluding hydrogens is 576 g/mol. The Labute approximate surface area is 272 Å². The molecule has 2 aromatic carbocycles. The van der Waals surface area contributed by atoms with Gasteiger partial charge < -0.3 is 28.4 Å². The summed E-state index contributed by atoms with van der Waals surface area (Å²) in [5.41, 5.74) is 3.58. The molecule has 2 heterocycles. The van der Waals surface area contributed by atoms with Crippen LogP contribution in [0.4, 0.5) is 0 Å². The molecule has 6 heteroatoms. The molecule has 244 valence electrons. The molecule has 0 spiro atoms. The molecule has 6 nitrogen and oxygen atoms in total. The molecule has 46 heavy (non-hydrogen) atoms. The number of fused-ring (bicyclic) bond motifs is 1. The zero-order valence-electron chi connectivity index (χ0n) is 27.1. The lowest BCUT2D eigenvalue weighted by Crippen LogP contribution is -2.49. The predicted molar refractivity (Wildman–Crippen MR) is 175 cm³/mol. The van der Waals surface area contributed by atoms with Crippen molar-refractivity contribution >= 4 is 10.8 Å². The van der Waals surface area contributed by atoms with Gasteiger partial charge in [-0.3, -0.25) is 0 Å². The smallest absolute Gasteiger partial charge is 0.164 e. The largest absolute Gasteiger partial charge is 0.491 e. The van der Waals surface area contributed by atoms with Crippen LogP contribution in [-0.4, -0.2) is 39.6 Å². The van der Waals surface area contributed by atoms with Crippen LogP contribution < -0.4 is 9.47 Å². The second kappa shape index (κ2) is 10.9. The van der Waals surface area contributed by atoms with Crippen molar-refractivity contribution in [1.82, 2.24) is 0 Å². The Bertz CT molecular complexity index is 1520. The quantitative estimate of drug-likeness (QED) is 0.197. The average molecular weight is 625 g/mol. The topological polar surface area (TPSA) is 62.0 Å². The predicted octanol–water partition coefficient (Wildman–Crippen LogP) is 8.31. The molecule has 8 fully saturated rings. The number of ether oxygens (including phenoxy) is 6. The van der Waals surface area contributed by atoms with E-state index in [1.165, 1.54) is 93.4 Å². The first-order chi connectivity index (χ1) is 22.6. The Hall–Kier alpha value is -2.70. The van der Waals surface area contributed by atoms with Crippen molar-refractivity contribution in [2.45, 2.75) is 87.9 Å². The first-order valence-electron chi connectivity index (χ1n) is 18.3. The van der Waals surface area contributed by atoms with E-state index in [0.717, 1.165) is 58.5 Å². The van der Waals surface area contributed by atoms with E-state index >= 15 is 0 Å². The average Bonchev–Trinajstić information content (AvgIpc) is 3.95. The summed E-state index contributed by atoms with van der Waals surface area (Å²) in [4.78, 5) is 0. The molecule has 12 rings (SSSR count). The molecule has 0 atom stereocenters. The van der Waals surface area contributed by atoms with Gasteiger partial charge in [-0.2, -0.15) is 0 Å². The molecule has 8 bridgehead atoms. The van der Waals surface area contributed by atoms with Crippen LogP contribution in [0.3, 0.4) is 0 Å². The molecule has 2 aromatic rings. The summed E-state index contributed by atoms with van der Waals surface area (Å²) in [7, 11) is 0. The minimum atomic E-state index is 0.211. The summed E-state index contributed by atoms with van der Waals surface area (Å²) in [6.45, 7) is 3.25. The van der Waals surface area contributed by atoms with E-state index in [2.05, 4.69) is 24.3 Å². The van der Waals surface area contributed by atoms with E-state index in [1.807, 2.05) is 0 Å². The molecule has 0 aromatic heterocycles. The molecule has 0 saturated heterocycles. The fourth-order valence-electron chi connectivity index (χ4n) is 12.4. The fourth-order valence-corrected chi connectivity index (χ4v) is 12.4. The molecule has 0 radical (unpaired) electrons. The first kappa shape index (κ1) is 28.3. The normalized spacial score (nSPS) is 37.1. The highest BCUT2D eigenvalue weighted by Gasteiger charge is 2.54. The van der Waals surface area contributed by atoms with E-state index in [-0.39, 0.29) is 10.8 Å². The van der Waals surface area contributed by atoms with Gasteiger partial charge in [0.15, 0.2) is 11.5 Å². The molecule has 8 saturated carbocycles. The van der Waals surface area contributed by atoms with Crippen molar-refractivity contribution in [3.05, 3.63) is 59.4 Å². The number of benzene rings is 2. The van der Waals surface area contributed by atoms with Gasteiger partial charge in [0.2, 0.25) is 0 Å². The summed E-state index contributed by atoms with van der Waals surface area (Å²) in [5.74, 6) is 9.15. The van der Waals surface area contributed by atoms with Gasteiger partial charge in [-0.05, 0) is 158 Å². The maximum Gasteiger partial charge on any atom is 0.164 e. The summed E-state index contributed by atoms with van der Waals surface area (Å²) in [6.07, 6.45) is 20.2. The highest BCUT2D eigenvalue weighted by atomic mass is 16.6. The van der Waals surface area contributed by atoms with Gasteiger partial charge in [-0.1, -0.05) is 6.07 Å². The second-order valence-electron chi connectivity index (χ2n) is 16.6. The Balaban J connectivity index is 1.07. The maximum atomic E-state index is 6.72. The van der Waals surface area contributed by atoms with Crippen LogP contribution in [0.15, 0.2) is 48.3 Å². The lowest BCUT2D eigenvalue weighted by atomic mass is 9.47. The van der Waals surface area contributed by atoms with Crippen molar-refractivity contribution in [2.75, 3.05) is 39.6 Å². The molecular formula is C40H48O6. The van der Waals surface area contributed by atoms with Crippen LogP contribution in [-0.2, 0) is 29.8 Å². The summed E-state index contributed by atoms with van der Waals surface area (Å²) in [5, 5.41) is 2.78. The Morgan fingerprint density at radius 1 is 0.565 bits per heavy atom. The van der Waals surface area contributed by atoms with Crippen molar-refractivity contribution in [3.8, 4) is 11.5 Å². The van der Waals surface area contributed by atoms with Crippen molar-refractivity contribution in [2.24, 2.45) is 35.5 Å². The van der Waals surface area contributed by atoms with Crippen LogP contribution in [0, 0.1) is 35.5 Å². The highest BCUT2D eigenvalue weighted by Crippen LogP contribution is 2.65. The molecule has 0 N–H and O–H groups in total. The van der Waals surface area contributed by atoms with Gasteiger partial charge in [-0.25, -0.2) is 0 Å². The standard InChI is InChI=1S/C40H48O6/c1-2-37(44-6-4-42-22-33-24-46-33)38-34(35(1)39-15-25-7-26(16-39)9-27(8-25)17-39)13-31(43-5-3-41-21-32-23-45-32)14-36(38)40-18-28-10-29(19-40)12-30(11-28)20-40/h1-2,13-14,23-30H,3-12,15-22H2. The molecule has 8 aliphatic carbocycles. The van der Waals surface area contributed by atoms with Crippen molar-refractivity contribution in [3.63, 3.8) is 0 Å². The van der Waals surface area contributed by atoms with Crippen molar-refractivity contribution in [1.29, 1.82) is 0 Å². The molecule has 0 unspecified atom stereocenters. The lowest BCUT2D eigenvalue weighted by molar-refractivity contribution is -0.00535. The zero-order chi connectivity index (χ0) is 30.3. The third-order valence-corrected chi connectivity index (χ3v) is 13.3. The number of hydrogen-bond donors (Lipinski definition) is 0. The van der Waals surface area contributed by atoms with E-state index in [0.29, 0.717) is 39.6 Å². The number of rotatable bonds is 14. The summed E-state index contributed by atoms with van der Waals surface area (Å²) < 4.78 is 35.3. The first-order valence-corrected chi connectivity index (χ1v) is 18.3. The van der Waals surface area contributed by atoms with Gasteiger partial charge in [0.25, 0.3) is 0 Å². The third-order valence-electron chi connectivity index (χ3n) is 13.3. The van der Waals surface area contributed by atoms with Crippen LogP contribution in [0.1, 0.15) is 88.2 Å². The van der Waals surface area contributed by atoms with E-state index < -0.39 is 0 Å². The van der Waals surface area contributed by atoms with Crippen LogP contribution in [0.5, 0.6) is 11.5 Å². The minimum Gasteiger partial charge on any atom is -0.491 e. The van der Waals surface area contributed by atoms with Gasteiger partial charge in [0, 0.05) is 5.39 Å². The van der Waals surface area contributed by atoms with Crippen LogP contribution >= 0.6 is 0 Å². The third kappa shape index (κ3) is 5.13. The summed E-state index contributed by atoms with van der Waals surface area (Å²) in [6, 6.07) is 9.63. The molecule has 10 aliphatic rings. The highest BCUT2D eigenvalue weighted by molar-refractivity contribution is 5.96. The zero-order valence-corrected chi connectivity index (χ0v) is 27.1. The fraction of sp³-hybridized carbons (Fsp3) is 0.650. The lowest BCUT2D eigenvalue weighted by Gasteiger charge is -2.58. The minimum absolute atomic E-state index is 0.211. The Kier molecular flexibility index (Phi) is 6.72. The van der Waals surface area contributed by atoms with E-state index in [4.69, 9.17) is 28.4 Å². The van der Waals surface area contributed by atoms with E-state index in [1.54, 1.807) is 18.1 Å². The van der Waals surface area contributed by atoms with E-state index in [9.17, 15) is 0 Å². The second-order valence-corrected chi connectivity index (χ2v) is 16.6. The molecule has 2 aliphatic heterocycles. The molecule has 0 amide bonds. The Morgan fingerprint density at radius 2 is 1.04 bits per heavy atom. The van der Waals surface area contributed by atoms with Crippen molar-refractivity contribution < 1.29 is 28.4 Å². The Morgan fingerprint density at radius 3 is 1.54 bits per heavy atom. The van der Waals surface area contributed by atoms with Crippen LogP contribution in [0.2, 0.25) is 0 Å².